The standard InChI is InChI=1S/C26H27FN2O2/c1-19-8-10-21(11-9-19)17-25(30)29(18-22-12-14-23(27)15-13-22)24(26(31)28-2)16-20-6-4-3-5-7-20/h3-15,24H,16-18H2,1-2H3,(H,28,31). The summed E-state index contributed by atoms with van der Waals surface area (Å²) in [7, 11) is 1.57. The molecule has 1 atom stereocenters. The van der Waals surface area contributed by atoms with E-state index in [0.29, 0.717) is 6.42 Å². The molecule has 3 rings (SSSR count). The number of aryl methyl sites for hydroxylation is 1. The molecule has 2 amide bonds. The number of carbonyl (C=O) groups excluding carboxylic acids is 2. The Hall–Kier alpha value is -3.47. The van der Waals surface area contributed by atoms with Crippen LogP contribution in [0, 0.1) is 12.7 Å². The van der Waals surface area contributed by atoms with Gasteiger partial charge in [-0.1, -0.05) is 72.3 Å². The Balaban J connectivity index is 1.92. The van der Waals surface area contributed by atoms with E-state index in [1.54, 1.807) is 24.1 Å². The van der Waals surface area contributed by atoms with E-state index in [2.05, 4.69) is 5.32 Å². The SMILES string of the molecule is CNC(=O)C(Cc1ccccc1)N(Cc1ccc(F)cc1)C(=O)Cc1ccc(C)cc1. The Morgan fingerprint density at radius 2 is 1.48 bits per heavy atom. The summed E-state index contributed by atoms with van der Waals surface area (Å²) in [5, 5.41) is 2.69. The predicted octanol–water partition coefficient (Wildman–Crippen LogP) is 4.06. The minimum Gasteiger partial charge on any atom is -0.357 e. The van der Waals surface area contributed by atoms with E-state index in [4.69, 9.17) is 0 Å². The summed E-state index contributed by atoms with van der Waals surface area (Å²) < 4.78 is 13.4. The first-order valence-corrected chi connectivity index (χ1v) is 10.3. The number of hydrogen-bond acceptors (Lipinski definition) is 2. The minimum atomic E-state index is -0.685. The summed E-state index contributed by atoms with van der Waals surface area (Å²) in [6, 6.07) is 22.7. The topological polar surface area (TPSA) is 49.4 Å². The predicted molar refractivity (Wildman–Crippen MR) is 120 cm³/mol. The largest absolute Gasteiger partial charge is 0.357 e. The Kier molecular flexibility index (Phi) is 7.55. The quantitative estimate of drug-likeness (QED) is 0.600. The van der Waals surface area contributed by atoms with Crippen LogP contribution in [0.2, 0.25) is 0 Å². The molecular weight excluding hydrogens is 391 g/mol. The maximum absolute atomic E-state index is 13.4. The van der Waals surface area contributed by atoms with Crippen molar-refractivity contribution >= 4 is 11.8 Å². The lowest BCUT2D eigenvalue weighted by atomic mass is 10.0. The molecule has 0 radical (unpaired) electrons. The third-order valence-electron chi connectivity index (χ3n) is 5.26. The number of likely N-dealkylation sites (N-methyl/N-ethyl adjacent to an activating group) is 1. The summed E-state index contributed by atoms with van der Waals surface area (Å²) in [6.45, 7) is 2.21. The molecule has 3 aromatic carbocycles. The van der Waals surface area contributed by atoms with E-state index >= 15 is 0 Å². The molecule has 0 fully saturated rings. The summed E-state index contributed by atoms with van der Waals surface area (Å²) >= 11 is 0. The van der Waals surface area contributed by atoms with Crippen molar-refractivity contribution in [1.29, 1.82) is 0 Å². The molecule has 0 aliphatic heterocycles. The van der Waals surface area contributed by atoms with E-state index in [1.807, 2.05) is 61.5 Å². The van der Waals surface area contributed by atoms with Gasteiger partial charge in [0.25, 0.3) is 0 Å². The second kappa shape index (κ2) is 10.5. The monoisotopic (exact) mass is 418 g/mol. The molecule has 0 saturated heterocycles. The van der Waals surface area contributed by atoms with E-state index in [9.17, 15) is 14.0 Å². The zero-order chi connectivity index (χ0) is 22.2. The molecular formula is C26H27FN2O2. The Morgan fingerprint density at radius 3 is 2.10 bits per heavy atom. The molecule has 0 aromatic heterocycles. The van der Waals surface area contributed by atoms with Gasteiger partial charge in [0.2, 0.25) is 11.8 Å². The summed E-state index contributed by atoms with van der Waals surface area (Å²) in [5.74, 6) is -0.727. The van der Waals surface area contributed by atoms with Crippen LogP contribution in [0.5, 0.6) is 0 Å². The van der Waals surface area contributed by atoms with Crippen molar-refractivity contribution in [2.24, 2.45) is 0 Å². The van der Waals surface area contributed by atoms with Crippen molar-refractivity contribution in [3.8, 4) is 0 Å². The van der Waals surface area contributed by atoms with Gasteiger partial charge in [-0.3, -0.25) is 9.59 Å². The molecule has 0 heterocycles. The van der Waals surface area contributed by atoms with Crippen LogP contribution < -0.4 is 5.32 Å². The van der Waals surface area contributed by atoms with E-state index in [1.165, 1.54) is 12.1 Å². The van der Waals surface area contributed by atoms with Gasteiger partial charge in [0.05, 0.1) is 6.42 Å². The van der Waals surface area contributed by atoms with Gasteiger partial charge in [0.1, 0.15) is 11.9 Å². The number of carbonyl (C=O) groups is 2. The molecule has 31 heavy (non-hydrogen) atoms. The Bertz CT molecular complexity index is 1000. The summed E-state index contributed by atoms with van der Waals surface area (Å²) in [5.41, 5.74) is 3.73. The highest BCUT2D eigenvalue weighted by Crippen LogP contribution is 2.17. The number of halogens is 1. The molecule has 1 unspecified atom stereocenters. The van der Waals surface area contributed by atoms with Crippen molar-refractivity contribution in [2.75, 3.05) is 7.05 Å². The molecule has 5 heteroatoms. The van der Waals surface area contributed by atoms with Crippen LogP contribution in [0.1, 0.15) is 22.3 Å². The average molecular weight is 419 g/mol. The maximum Gasteiger partial charge on any atom is 0.242 e. The summed E-state index contributed by atoms with van der Waals surface area (Å²) in [4.78, 5) is 27.8. The maximum atomic E-state index is 13.4. The average Bonchev–Trinajstić information content (AvgIpc) is 2.79. The van der Waals surface area contributed by atoms with Crippen molar-refractivity contribution in [1.82, 2.24) is 10.2 Å². The normalized spacial score (nSPS) is 11.6. The van der Waals surface area contributed by atoms with E-state index < -0.39 is 6.04 Å². The molecule has 4 nitrogen and oxygen atoms in total. The fraction of sp³-hybridized carbons (Fsp3) is 0.231. The zero-order valence-electron chi connectivity index (χ0n) is 17.8. The van der Waals surface area contributed by atoms with Crippen molar-refractivity contribution in [3.05, 3.63) is 107 Å². The molecule has 3 aromatic rings. The van der Waals surface area contributed by atoms with Crippen molar-refractivity contribution in [2.45, 2.75) is 32.4 Å². The Morgan fingerprint density at radius 1 is 0.871 bits per heavy atom. The lowest BCUT2D eigenvalue weighted by Crippen LogP contribution is -2.50. The third-order valence-corrected chi connectivity index (χ3v) is 5.26. The molecule has 0 aliphatic carbocycles. The van der Waals surface area contributed by atoms with Crippen LogP contribution in [-0.2, 0) is 29.0 Å². The Labute approximate surface area is 182 Å². The van der Waals surface area contributed by atoms with Gasteiger partial charge in [0.15, 0.2) is 0 Å². The van der Waals surface area contributed by atoms with Gasteiger partial charge < -0.3 is 10.2 Å². The third kappa shape index (κ3) is 6.25. The lowest BCUT2D eigenvalue weighted by Gasteiger charge is -2.31. The molecule has 0 saturated carbocycles. The highest BCUT2D eigenvalue weighted by molar-refractivity contribution is 5.88. The van der Waals surface area contributed by atoms with Gasteiger partial charge in [-0.2, -0.15) is 0 Å². The fourth-order valence-electron chi connectivity index (χ4n) is 3.49. The first-order chi connectivity index (χ1) is 15.0. The van der Waals surface area contributed by atoms with Crippen LogP contribution >= 0.6 is 0 Å². The number of nitrogens with one attached hydrogen (secondary N) is 1. The first-order valence-electron chi connectivity index (χ1n) is 10.3. The van der Waals surface area contributed by atoms with Crippen LogP contribution in [0.4, 0.5) is 4.39 Å². The molecule has 0 bridgehead atoms. The van der Waals surface area contributed by atoms with Gasteiger partial charge in [-0.05, 0) is 35.7 Å². The van der Waals surface area contributed by atoms with Gasteiger partial charge in [0, 0.05) is 20.0 Å². The molecule has 160 valence electrons. The van der Waals surface area contributed by atoms with E-state index in [0.717, 1.165) is 22.3 Å². The number of nitrogens with zero attached hydrogens (tertiary/aromatic N) is 1. The van der Waals surface area contributed by atoms with Gasteiger partial charge in [-0.25, -0.2) is 4.39 Å². The highest BCUT2D eigenvalue weighted by atomic mass is 19.1. The number of benzene rings is 3. The molecule has 0 aliphatic rings. The van der Waals surface area contributed by atoms with Gasteiger partial charge >= 0.3 is 0 Å². The number of hydrogen-bond donors (Lipinski definition) is 1. The first kappa shape index (κ1) is 22.2. The second-order valence-electron chi connectivity index (χ2n) is 7.63. The molecule has 0 spiro atoms. The van der Waals surface area contributed by atoms with Crippen LogP contribution in [-0.4, -0.2) is 29.8 Å². The summed E-state index contributed by atoms with van der Waals surface area (Å²) in [6.07, 6.45) is 0.575. The lowest BCUT2D eigenvalue weighted by molar-refractivity contribution is -0.140. The van der Waals surface area contributed by atoms with Crippen LogP contribution in [0.15, 0.2) is 78.9 Å². The smallest absolute Gasteiger partial charge is 0.242 e. The fourth-order valence-corrected chi connectivity index (χ4v) is 3.49. The van der Waals surface area contributed by atoms with Crippen molar-refractivity contribution in [3.63, 3.8) is 0 Å². The number of rotatable bonds is 8. The zero-order valence-corrected chi connectivity index (χ0v) is 17.8. The number of amides is 2. The van der Waals surface area contributed by atoms with Gasteiger partial charge in [-0.15, -0.1) is 0 Å². The molecule has 1 N–H and O–H groups in total. The minimum absolute atomic E-state index is 0.155. The van der Waals surface area contributed by atoms with Crippen molar-refractivity contribution < 1.29 is 14.0 Å². The van der Waals surface area contributed by atoms with Crippen LogP contribution in [0.3, 0.4) is 0 Å². The van der Waals surface area contributed by atoms with Crippen LogP contribution in [0.25, 0.3) is 0 Å². The second-order valence-corrected chi connectivity index (χ2v) is 7.63. The van der Waals surface area contributed by atoms with E-state index in [-0.39, 0.29) is 30.6 Å². The highest BCUT2D eigenvalue weighted by Gasteiger charge is 2.29.